The van der Waals surface area contributed by atoms with Gasteiger partial charge in [-0.25, -0.2) is 0 Å². The number of anilines is 1. The molecule has 1 heterocycles. The van der Waals surface area contributed by atoms with Crippen molar-refractivity contribution in [3.63, 3.8) is 0 Å². The van der Waals surface area contributed by atoms with Gasteiger partial charge in [-0.05, 0) is 24.5 Å². The van der Waals surface area contributed by atoms with Gasteiger partial charge < -0.3 is 5.73 Å². The number of nitrogens with zero attached hydrogens (tertiary/aromatic N) is 2. The van der Waals surface area contributed by atoms with Gasteiger partial charge in [0.15, 0.2) is 0 Å². The normalized spacial score (nSPS) is 10.7. The van der Waals surface area contributed by atoms with Crippen molar-refractivity contribution in [3.8, 4) is 11.1 Å². The molecule has 3 nitrogen and oxygen atoms in total. The fraction of sp³-hybridized carbons (Fsp3) is 0.182. The third-order valence-corrected chi connectivity index (χ3v) is 3.47. The molecule has 1 aromatic carbocycles. The Balaban J connectivity index is 2.62. The number of nitrogen functional groups attached to an aromatic ring is 1. The van der Waals surface area contributed by atoms with Crippen molar-refractivity contribution in [2.45, 2.75) is 4.90 Å². The topological polar surface area (TPSA) is 43.8 Å². The van der Waals surface area contributed by atoms with E-state index >= 15 is 0 Å². The van der Waals surface area contributed by atoms with Crippen molar-refractivity contribution in [2.24, 2.45) is 7.05 Å². The maximum Gasteiger partial charge on any atom is 0.129 e. The smallest absolute Gasteiger partial charge is 0.129 e. The third kappa shape index (κ3) is 1.90. The number of nitrogens with two attached hydrogens (primary N) is 1. The van der Waals surface area contributed by atoms with Crippen LogP contribution in [0.2, 0.25) is 5.02 Å². The van der Waals surface area contributed by atoms with Crippen molar-refractivity contribution >= 4 is 29.2 Å². The lowest BCUT2D eigenvalue weighted by Gasteiger charge is -2.07. The van der Waals surface area contributed by atoms with Gasteiger partial charge in [0, 0.05) is 28.1 Å². The van der Waals surface area contributed by atoms with E-state index in [0.717, 1.165) is 16.0 Å². The van der Waals surface area contributed by atoms with Crippen molar-refractivity contribution < 1.29 is 0 Å². The van der Waals surface area contributed by atoms with Crippen LogP contribution in [0.15, 0.2) is 29.3 Å². The summed E-state index contributed by atoms with van der Waals surface area (Å²) in [5.41, 5.74) is 7.91. The van der Waals surface area contributed by atoms with Crippen LogP contribution in [-0.4, -0.2) is 16.0 Å². The summed E-state index contributed by atoms with van der Waals surface area (Å²) in [4.78, 5) is 1.14. The van der Waals surface area contributed by atoms with Gasteiger partial charge in [0.2, 0.25) is 0 Å². The minimum atomic E-state index is 0.651. The Hall–Kier alpha value is -1.13. The van der Waals surface area contributed by atoms with E-state index in [1.165, 1.54) is 0 Å². The summed E-state index contributed by atoms with van der Waals surface area (Å²) in [6.07, 6.45) is 3.79. The first kappa shape index (κ1) is 11.4. The standard InChI is InChI=1S/C11H12ClN3S/c1-15-11(13)9(6-14-15)8-5-7(12)3-4-10(8)16-2/h3-6H,13H2,1-2H3. The van der Waals surface area contributed by atoms with E-state index in [0.29, 0.717) is 10.8 Å². The Morgan fingerprint density at radius 3 is 2.69 bits per heavy atom. The van der Waals surface area contributed by atoms with Gasteiger partial charge in [0.05, 0.1) is 6.20 Å². The highest BCUT2D eigenvalue weighted by atomic mass is 35.5. The van der Waals surface area contributed by atoms with Crippen LogP contribution in [-0.2, 0) is 7.05 Å². The van der Waals surface area contributed by atoms with E-state index in [1.807, 2.05) is 31.5 Å². The maximum atomic E-state index is 6.01. The first-order chi connectivity index (χ1) is 7.63. The lowest BCUT2D eigenvalue weighted by molar-refractivity contribution is 0.779. The molecule has 0 aliphatic rings. The van der Waals surface area contributed by atoms with Crippen molar-refractivity contribution in [1.29, 1.82) is 0 Å². The molecule has 84 valence electrons. The van der Waals surface area contributed by atoms with Gasteiger partial charge in [-0.15, -0.1) is 11.8 Å². The van der Waals surface area contributed by atoms with Crippen LogP contribution >= 0.6 is 23.4 Å². The molecule has 0 unspecified atom stereocenters. The summed E-state index contributed by atoms with van der Waals surface area (Å²) in [6, 6.07) is 5.79. The molecule has 2 N–H and O–H groups in total. The van der Waals surface area contributed by atoms with Gasteiger partial charge in [-0.3, -0.25) is 4.68 Å². The molecule has 0 atom stereocenters. The summed E-state index contributed by atoms with van der Waals surface area (Å²) in [6.45, 7) is 0. The average molecular weight is 254 g/mol. The number of aromatic nitrogens is 2. The zero-order valence-corrected chi connectivity index (χ0v) is 10.6. The molecule has 2 aromatic rings. The molecule has 0 bridgehead atoms. The van der Waals surface area contributed by atoms with E-state index in [9.17, 15) is 0 Å². The van der Waals surface area contributed by atoms with Crippen LogP contribution in [0.25, 0.3) is 11.1 Å². The Labute approximate surface area is 104 Å². The molecule has 0 aliphatic heterocycles. The first-order valence-electron chi connectivity index (χ1n) is 4.75. The van der Waals surface area contributed by atoms with Crippen molar-refractivity contribution in [1.82, 2.24) is 9.78 Å². The van der Waals surface area contributed by atoms with E-state index < -0.39 is 0 Å². The first-order valence-corrected chi connectivity index (χ1v) is 6.35. The molecule has 0 amide bonds. The Bertz CT molecular complexity index is 522. The monoisotopic (exact) mass is 253 g/mol. The molecule has 1 aromatic heterocycles. The van der Waals surface area contributed by atoms with E-state index in [-0.39, 0.29) is 0 Å². The third-order valence-electron chi connectivity index (χ3n) is 2.44. The number of halogens is 1. The highest BCUT2D eigenvalue weighted by molar-refractivity contribution is 7.98. The van der Waals surface area contributed by atoms with Crippen LogP contribution in [0, 0.1) is 0 Å². The number of aryl methyl sites for hydroxylation is 1. The molecule has 0 spiro atoms. The fourth-order valence-corrected chi connectivity index (χ4v) is 2.31. The minimum Gasteiger partial charge on any atom is -0.383 e. The highest BCUT2D eigenvalue weighted by Gasteiger charge is 2.11. The van der Waals surface area contributed by atoms with Crippen LogP contribution in [0.5, 0.6) is 0 Å². The summed E-state index contributed by atoms with van der Waals surface area (Å²) in [5.74, 6) is 0.651. The molecule has 0 saturated carbocycles. The summed E-state index contributed by atoms with van der Waals surface area (Å²) in [7, 11) is 1.82. The highest BCUT2D eigenvalue weighted by Crippen LogP contribution is 2.35. The summed E-state index contributed by atoms with van der Waals surface area (Å²) < 4.78 is 1.65. The lowest BCUT2D eigenvalue weighted by atomic mass is 10.1. The number of hydrogen-bond donors (Lipinski definition) is 1. The van der Waals surface area contributed by atoms with Gasteiger partial charge in [-0.2, -0.15) is 5.10 Å². The Morgan fingerprint density at radius 2 is 2.12 bits per heavy atom. The van der Waals surface area contributed by atoms with Gasteiger partial charge in [-0.1, -0.05) is 11.6 Å². The Morgan fingerprint density at radius 1 is 1.38 bits per heavy atom. The lowest BCUT2D eigenvalue weighted by Crippen LogP contribution is -1.98. The van der Waals surface area contributed by atoms with Crippen molar-refractivity contribution in [2.75, 3.05) is 12.0 Å². The molecule has 0 fully saturated rings. The maximum absolute atomic E-state index is 6.01. The van der Waals surface area contributed by atoms with E-state index in [2.05, 4.69) is 5.10 Å². The van der Waals surface area contributed by atoms with Crippen LogP contribution in [0.3, 0.4) is 0 Å². The summed E-state index contributed by atoms with van der Waals surface area (Å²) in [5, 5.41) is 4.84. The number of benzene rings is 1. The van der Waals surface area contributed by atoms with Gasteiger partial charge in [0.25, 0.3) is 0 Å². The van der Waals surface area contributed by atoms with Crippen LogP contribution in [0.4, 0.5) is 5.82 Å². The van der Waals surface area contributed by atoms with Gasteiger partial charge in [0.1, 0.15) is 5.82 Å². The summed E-state index contributed by atoms with van der Waals surface area (Å²) >= 11 is 7.67. The number of thioether (sulfide) groups is 1. The van der Waals surface area contributed by atoms with Crippen molar-refractivity contribution in [3.05, 3.63) is 29.4 Å². The largest absolute Gasteiger partial charge is 0.383 e. The second kappa shape index (κ2) is 4.39. The fourth-order valence-electron chi connectivity index (χ4n) is 1.55. The van der Waals surface area contributed by atoms with Crippen LogP contribution in [0.1, 0.15) is 0 Å². The molecule has 0 aliphatic carbocycles. The SMILES string of the molecule is CSc1ccc(Cl)cc1-c1cnn(C)c1N. The van der Waals surface area contributed by atoms with E-state index in [1.54, 1.807) is 22.6 Å². The molecular weight excluding hydrogens is 242 g/mol. The molecular formula is C11H12ClN3S. The van der Waals surface area contributed by atoms with Crippen LogP contribution < -0.4 is 5.73 Å². The average Bonchev–Trinajstić information content (AvgIpc) is 2.60. The zero-order valence-electron chi connectivity index (χ0n) is 9.07. The second-order valence-electron chi connectivity index (χ2n) is 3.41. The molecule has 16 heavy (non-hydrogen) atoms. The number of rotatable bonds is 2. The zero-order chi connectivity index (χ0) is 11.7. The molecule has 0 radical (unpaired) electrons. The van der Waals surface area contributed by atoms with E-state index in [4.69, 9.17) is 17.3 Å². The molecule has 2 rings (SSSR count). The quantitative estimate of drug-likeness (QED) is 0.837. The second-order valence-corrected chi connectivity index (χ2v) is 4.70. The molecule has 0 saturated heterocycles. The predicted octanol–water partition coefficient (Wildman–Crippen LogP) is 3.04. The van der Waals surface area contributed by atoms with Gasteiger partial charge >= 0.3 is 0 Å². The molecule has 5 heteroatoms. The predicted molar refractivity (Wildman–Crippen MR) is 69.8 cm³/mol. The minimum absolute atomic E-state index is 0.651. The Kier molecular flexibility index (Phi) is 3.12. The number of hydrogen-bond acceptors (Lipinski definition) is 3.